The van der Waals surface area contributed by atoms with Gasteiger partial charge in [-0.15, -0.1) is 11.6 Å². The molecular weight excluding hydrogens is 306 g/mol. The smallest absolute Gasteiger partial charge is 0.123 e. The summed E-state index contributed by atoms with van der Waals surface area (Å²) < 4.78 is 13.3. The molecule has 100 valence electrons. The first-order valence-electron chi connectivity index (χ1n) is 5.76. The van der Waals surface area contributed by atoms with Gasteiger partial charge in [-0.05, 0) is 60.4 Å². The first-order chi connectivity index (χ1) is 8.90. The first-order valence-corrected chi connectivity index (χ1v) is 6.95. The Kier molecular flexibility index (Phi) is 4.39. The van der Waals surface area contributed by atoms with E-state index in [1.165, 1.54) is 12.1 Å². The normalized spacial score (nSPS) is 12.5. The molecule has 4 heteroatoms. The third-order valence-corrected chi connectivity index (χ3v) is 4.06. The van der Waals surface area contributed by atoms with E-state index in [2.05, 4.69) is 0 Å². The Morgan fingerprint density at radius 2 is 1.58 bits per heavy atom. The second kappa shape index (κ2) is 5.70. The summed E-state index contributed by atoms with van der Waals surface area (Å²) in [6.07, 6.45) is 0. The molecule has 0 heterocycles. The van der Waals surface area contributed by atoms with Crippen molar-refractivity contribution in [2.24, 2.45) is 0 Å². The highest BCUT2D eigenvalue weighted by Crippen LogP contribution is 2.38. The van der Waals surface area contributed by atoms with E-state index in [1.54, 1.807) is 18.2 Å². The predicted octanol–water partition coefficient (Wildman–Crippen LogP) is 6.08. The molecule has 0 aliphatic carbocycles. The standard InChI is InChI=1S/C15H12Cl3F/c1-8-5-11(19)6-9(2)14(8)15(18)12-4-3-10(16)7-13(12)17/h3-7,15H,1-2H3. The van der Waals surface area contributed by atoms with E-state index in [9.17, 15) is 4.39 Å². The van der Waals surface area contributed by atoms with Crippen molar-refractivity contribution in [2.75, 3.05) is 0 Å². The van der Waals surface area contributed by atoms with Crippen LogP contribution in [0.2, 0.25) is 10.0 Å². The van der Waals surface area contributed by atoms with Gasteiger partial charge in [0.15, 0.2) is 0 Å². The largest absolute Gasteiger partial charge is 0.207 e. The van der Waals surface area contributed by atoms with Gasteiger partial charge in [0.05, 0.1) is 5.38 Å². The van der Waals surface area contributed by atoms with Gasteiger partial charge in [0.2, 0.25) is 0 Å². The molecule has 19 heavy (non-hydrogen) atoms. The maximum Gasteiger partial charge on any atom is 0.123 e. The third-order valence-electron chi connectivity index (χ3n) is 3.05. The summed E-state index contributed by atoms with van der Waals surface area (Å²) in [5.74, 6) is -0.259. The van der Waals surface area contributed by atoms with Crippen molar-refractivity contribution in [3.63, 3.8) is 0 Å². The van der Waals surface area contributed by atoms with Crippen molar-refractivity contribution in [3.8, 4) is 0 Å². The van der Waals surface area contributed by atoms with Crippen molar-refractivity contribution in [1.29, 1.82) is 0 Å². The van der Waals surface area contributed by atoms with Crippen LogP contribution in [0.5, 0.6) is 0 Å². The monoisotopic (exact) mass is 316 g/mol. The van der Waals surface area contributed by atoms with E-state index in [4.69, 9.17) is 34.8 Å². The molecule has 1 unspecified atom stereocenters. The van der Waals surface area contributed by atoms with Crippen LogP contribution < -0.4 is 0 Å². The molecule has 2 aromatic carbocycles. The Balaban J connectivity index is 2.53. The highest BCUT2D eigenvalue weighted by molar-refractivity contribution is 6.36. The minimum Gasteiger partial charge on any atom is -0.207 e. The quantitative estimate of drug-likeness (QED) is 0.589. The Morgan fingerprint density at radius 1 is 1.00 bits per heavy atom. The second-order valence-electron chi connectivity index (χ2n) is 4.48. The summed E-state index contributed by atoms with van der Waals surface area (Å²) in [5, 5.41) is 0.645. The van der Waals surface area contributed by atoms with Gasteiger partial charge in [0.1, 0.15) is 5.82 Å². The maximum atomic E-state index is 13.3. The number of hydrogen-bond donors (Lipinski definition) is 0. The first kappa shape index (κ1) is 14.6. The zero-order valence-electron chi connectivity index (χ0n) is 10.5. The van der Waals surface area contributed by atoms with E-state index in [0.717, 1.165) is 22.3 Å². The van der Waals surface area contributed by atoms with Crippen molar-refractivity contribution in [1.82, 2.24) is 0 Å². The highest BCUT2D eigenvalue weighted by Gasteiger charge is 2.19. The van der Waals surface area contributed by atoms with Gasteiger partial charge in [0.25, 0.3) is 0 Å². The summed E-state index contributed by atoms with van der Waals surface area (Å²) in [4.78, 5) is 0. The van der Waals surface area contributed by atoms with Crippen LogP contribution in [0.3, 0.4) is 0 Å². The van der Waals surface area contributed by atoms with E-state index < -0.39 is 5.38 Å². The van der Waals surface area contributed by atoms with Crippen LogP contribution in [-0.2, 0) is 0 Å². The van der Waals surface area contributed by atoms with Gasteiger partial charge in [-0.3, -0.25) is 0 Å². The molecule has 2 rings (SSSR count). The molecule has 0 saturated carbocycles. The van der Waals surface area contributed by atoms with Crippen LogP contribution in [-0.4, -0.2) is 0 Å². The number of halogens is 4. The molecule has 0 N–H and O–H groups in total. The molecule has 0 aliphatic heterocycles. The number of alkyl halides is 1. The van der Waals surface area contributed by atoms with Crippen LogP contribution in [0, 0.1) is 19.7 Å². The third kappa shape index (κ3) is 3.05. The van der Waals surface area contributed by atoms with Crippen molar-refractivity contribution >= 4 is 34.8 Å². The minimum atomic E-state index is -0.426. The Labute approximate surface area is 127 Å². The second-order valence-corrected chi connectivity index (χ2v) is 5.76. The lowest BCUT2D eigenvalue weighted by Gasteiger charge is -2.17. The molecule has 1 atom stereocenters. The summed E-state index contributed by atoms with van der Waals surface area (Å²) >= 11 is 18.5. The Bertz CT molecular complexity index is 600. The minimum absolute atomic E-state index is 0.259. The molecule has 0 saturated heterocycles. The molecule has 0 fully saturated rings. The molecule has 0 bridgehead atoms. The summed E-state index contributed by atoms with van der Waals surface area (Å²) in [6, 6.07) is 8.14. The molecular formula is C15H12Cl3F. The van der Waals surface area contributed by atoms with Crippen LogP contribution in [0.15, 0.2) is 30.3 Å². The van der Waals surface area contributed by atoms with Gasteiger partial charge in [-0.2, -0.15) is 0 Å². The van der Waals surface area contributed by atoms with E-state index in [0.29, 0.717) is 10.0 Å². The van der Waals surface area contributed by atoms with Gasteiger partial charge < -0.3 is 0 Å². The average molecular weight is 318 g/mol. The topological polar surface area (TPSA) is 0 Å². The molecule has 0 aliphatic rings. The highest BCUT2D eigenvalue weighted by atomic mass is 35.5. The van der Waals surface area contributed by atoms with Crippen molar-refractivity contribution in [2.45, 2.75) is 19.2 Å². The molecule has 0 nitrogen and oxygen atoms in total. The molecule has 0 spiro atoms. The molecule has 0 amide bonds. The fourth-order valence-electron chi connectivity index (χ4n) is 2.18. The van der Waals surface area contributed by atoms with Gasteiger partial charge in [0, 0.05) is 10.0 Å². The number of hydrogen-bond acceptors (Lipinski definition) is 0. The molecule has 2 aromatic rings. The zero-order chi connectivity index (χ0) is 14.2. The summed E-state index contributed by atoms with van der Waals surface area (Å²) in [6.45, 7) is 3.68. The average Bonchev–Trinajstić information content (AvgIpc) is 2.26. The van der Waals surface area contributed by atoms with E-state index in [1.807, 2.05) is 13.8 Å². The van der Waals surface area contributed by atoms with Crippen molar-refractivity contribution in [3.05, 3.63) is 68.4 Å². The number of benzene rings is 2. The Hall–Kier alpha value is -0.760. The maximum absolute atomic E-state index is 13.3. The van der Waals surface area contributed by atoms with E-state index >= 15 is 0 Å². The van der Waals surface area contributed by atoms with E-state index in [-0.39, 0.29) is 5.82 Å². The Morgan fingerprint density at radius 3 is 2.11 bits per heavy atom. The van der Waals surface area contributed by atoms with Gasteiger partial charge in [-0.1, -0.05) is 29.3 Å². The SMILES string of the molecule is Cc1cc(F)cc(C)c1C(Cl)c1ccc(Cl)cc1Cl. The summed E-state index contributed by atoms with van der Waals surface area (Å²) in [5.41, 5.74) is 3.27. The van der Waals surface area contributed by atoms with Crippen LogP contribution >= 0.6 is 34.8 Å². The van der Waals surface area contributed by atoms with Crippen LogP contribution in [0.1, 0.15) is 27.6 Å². The molecule has 0 aromatic heterocycles. The predicted molar refractivity (Wildman–Crippen MR) is 80.0 cm³/mol. The molecule has 0 radical (unpaired) electrons. The van der Waals surface area contributed by atoms with Crippen LogP contribution in [0.4, 0.5) is 4.39 Å². The van der Waals surface area contributed by atoms with Gasteiger partial charge in [-0.25, -0.2) is 4.39 Å². The zero-order valence-corrected chi connectivity index (χ0v) is 12.7. The van der Waals surface area contributed by atoms with Gasteiger partial charge >= 0.3 is 0 Å². The van der Waals surface area contributed by atoms with Crippen molar-refractivity contribution < 1.29 is 4.39 Å². The lowest BCUT2D eigenvalue weighted by Crippen LogP contribution is -2.01. The number of rotatable bonds is 2. The summed E-state index contributed by atoms with van der Waals surface area (Å²) in [7, 11) is 0. The fraction of sp³-hybridized carbons (Fsp3) is 0.200. The fourth-order valence-corrected chi connectivity index (χ4v) is 3.29. The van der Waals surface area contributed by atoms with Crippen LogP contribution in [0.25, 0.3) is 0 Å². The number of aryl methyl sites for hydroxylation is 2. The lowest BCUT2D eigenvalue weighted by atomic mass is 9.95. The lowest BCUT2D eigenvalue weighted by molar-refractivity contribution is 0.624.